The van der Waals surface area contributed by atoms with Crippen LogP contribution in [0.15, 0.2) is 24.3 Å². The molecule has 5 nitrogen and oxygen atoms in total. The molecule has 1 heterocycles. The number of piperidine rings is 1. The Morgan fingerprint density at radius 3 is 2.59 bits per heavy atom. The maximum Gasteiger partial charge on any atom is 0.257 e. The summed E-state index contributed by atoms with van der Waals surface area (Å²) in [6, 6.07) is 7.39. The molecule has 1 amide bonds. The molecule has 1 aromatic carbocycles. The number of para-hydroxylation sites is 1. The Bertz CT molecular complexity index is 469. The number of benzene rings is 1. The summed E-state index contributed by atoms with van der Waals surface area (Å²) in [6.45, 7) is 3.56. The largest absolute Gasteiger partial charge is 0.496 e. The number of hydrogen-bond acceptors (Lipinski definition) is 4. The number of carbonyl (C=O) groups excluding carboxylic acids is 1. The number of nitrogens with zero attached hydrogens (tertiary/aromatic N) is 1. The third-order valence-electron chi connectivity index (χ3n) is 4.02. The number of rotatable bonds is 7. The highest BCUT2D eigenvalue weighted by atomic mass is 16.5. The lowest BCUT2D eigenvalue weighted by Gasteiger charge is -2.32. The van der Waals surface area contributed by atoms with E-state index in [-0.39, 0.29) is 5.91 Å². The summed E-state index contributed by atoms with van der Waals surface area (Å²) >= 11 is 0. The molecule has 0 aromatic heterocycles. The smallest absolute Gasteiger partial charge is 0.257 e. The third kappa shape index (κ3) is 4.45. The Kier molecular flexibility index (Phi) is 6.68. The van der Waals surface area contributed by atoms with E-state index in [2.05, 4.69) is 0 Å². The fraction of sp³-hybridized carbons (Fsp3) is 0.588. The van der Waals surface area contributed by atoms with Crippen LogP contribution in [0, 0.1) is 5.92 Å². The zero-order valence-corrected chi connectivity index (χ0v) is 13.4. The van der Waals surface area contributed by atoms with Crippen LogP contribution in [0.25, 0.3) is 0 Å². The van der Waals surface area contributed by atoms with Gasteiger partial charge in [-0.25, -0.2) is 0 Å². The molecule has 0 unspecified atom stereocenters. The van der Waals surface area contributed by atoms with Gasteiger partial charge in [-0.2, -0.15) is 0 Å². The quantitative estimate of drug-likeness (QED) is 0.725. The molecule has 122 valence electrons. The van der Waals surface area contributed by atoms with Crippen molar-refractivity contribution in [1.29, 1.82) is 0 Å². The lowest BCUT2D eigenvalue weighted by atomic mass is 9.97. The molecule has 22 heavy (non-hydrogen) atoms. The van der Waals surface area contributed by atoms with Gasteiger partial charge in [0.05, 0.1) is 25.9 Å². The summed E-state index contributed by atoms with van der Waals surface area (Å²) in [4.78, 5) is 14.5. The van der Waals surface area contributed by atoms with Crippen molar-refractivity contribution in [1.82, 2.24) is 4.90 Å². The van der Waals surface area contributed by atoms with E-state index in [0.29, 0.717) is 30.4 Å². The van der Waals surface area contributed by atoms with Crippen LogP contribution >= 0.6 is 0 Å². The molecule has 0 saturated carbocycles. The van der Waals surface area contributed by atoms with Crippen LogP contribution in [-0.2, 0) is 9.47 Å². The average molecular weight is 307 g/mol. The van der Waals surface area contributed by atoms with E-state index in [0.717, 1.165) is 32.5 Å². The standard InChI is InChI=1S/C17H25NO4/c1-20-11-12-22-13-14-7-9-18(10-8-14)17(19)15-5-3-4-6-16(15)21-2/h3-6,14H,7-13H2,1-2H3. The molecular weight excluding hydrogens is 282 g/mol. The Labute approximate surface area is 132 Å². The van der Waals surface area contributed by atoms with Crippen LogP contribution in [0.1, 0.15) is 23.2 Å². The molecule has 0 radical (unpaired) electrons. The van der Waals surface area contributed by atoms with Gasteiger partial charge in [-0.15, -0.1) is 0 Å². The second-order valence-corrected chi connectivity index (χ2v) is 5.50. The lowest BCUT2D eigenvalue weighted by Crippen LogP contribution is -2.39. The molecule has 0 bridgehead atoms. The molecule has 0 atom stereocenters. The van der Waals surface area contributed by atoms with Gasteiger partial charge in [0.15, 0.2) is 0 Å². The monoisotopic (exact) mass is 307 g/mol. The van der Waals surface area contributed by atoms with Crippen LogP contribution in [0.5, 0.6) is 5.75 Å². The van der Waals surface area contributed by atoms with Gasteiger partial charge < -0.3 is 19.1 Å². The van der Waals surface area contributed by atoms with Crippen LogP contribution < -0.4 is 4.74 Å². The van der Waals surface area contributed by atoms with Gasteiger partial charge in [0.25, 0.3) is 5.91 Å². The minimum Gasteiger partial charge on any atom is -0.496 e. The molecule has 0 spiro atoms. The molecule has 0 N–H and O–H groups in total. The Morgan fingerprint density at radius 1 is 1.18 bits per heavy atom. The number of likely N-dealkylation sites (tertiary alicyclic amines) is 1. The van der Waals surface area contributed by atoms with Crippen LogP contribution in [0.2, 0.25) is 0 Å². The Balaban J connectivity index is 1.82. The molecule has 0 aliphatic carbocycles. The second kappa shape index (κ2) is 8.76. The van der Waals surface area contributed by atoms with E-state index in [1.807, 2.05) is 29.2 Å². The van der Waals surface area contributed by atoms with Gasteiger partial charge in [-0.3, -0.25) is 4.79 Å². The van der Waals surface area contributed by atoms with Gasteiger partial charge in [-0.05, 0) is 30.9 Å². The molecule has 1 saturated heterocycles. The van der Waals surface area contributed by atoms with Crippen molar-refractivity contribution in [2.24, 2.45) is 5.92 Å². The van der Waals surface area contributed by atoms with Crippen molar-refractivity contribution in [3.05, 3.63) is 29.8 Å². The van der Waals surface area contributed by atoms with E-state index >= 15 is 0 Å². The maximum atomic E-state index is 12.6. The number of amides is 1. The zero-order chi connectivity index (χ0) is 15.8. The molecule has 1 aliphatic heterocycles. The minimum absolute atomic E-state index is 0.0520. The number of hydrogen-bond donors (Lipinski definition) is 0. The number of methoxy groups -OCH3 is 2. The summed E-state index contributed by atoms with van der Waals surface area (Å²) in [5.74, 6) is 1.22. The van der Waals surface area contributed by atoms with Crippen molar-refractivity contribution in [3.8, 4) is 5.75 Å². The van der Waals surface area contributed by atoms with E-state index in [1.54, 1.807) is 14.2 Å². The summed E-state index contributed by atoms with van der Waals surface area (Å²) in [7, 11) is 3.26. The van der Waals surface area contributed by atoms with Crippen LogP contribution in [0.3, 0.4) is 0 Å². The number of ether oxygens (including phenoxy) is 3. The molecule has 5 heteroatoms. The highest BCUT2D eigenvalue weighted by Crippen LogP contribution is 2.23. The lowest BCUT2D eigenvalue weighted by molar-refractivity contribution is 0.0327. The van der Waals surface area contributed by atoms with Gasteiger partial charge in [0.2, 0.25) is 0 Å². The fourth-order valence-corrected chi connectivity index (χ4v) is 2.69. The van der Waals surface area contributed by atoms with Gasteiger partial charge in [-0.1, -0.05) is 12.1 Å². The third-order valence-corrected chi connectivity index (χ3v) is 4.02. The summed E-state index contributed by atoms with van der Waals surface area (Å²) in [5.41, 5.74) is 0.639. The first-order chi connectivity index (χ1) is 10.8. The van der Waals surface area contributed by atoms with Gasteiger partial charge in [0, 0.05) is 26.8 Å². The van der Waals surface area contributed by atoms with E-state index in [4.69, 9.17) is 14.2 Å². The van der Waals surface area contributed by atoms with Crippen molar-refractivity contribution < 1.29 is 19.0 Å². The highest BCUT2D eigenvalue weighted by Gasteiger charge is 2.25. The first kappa shape index (κ1) is 16.8. The normalized spacial score (nSPS) is 15.8. The first-order valence-corrected chi connectivity index (χ1v) is 7.75. The van der Waals surface area contributed by atoms with Crippen molar-refractivity contribution >= 4 is 5.91 Å². The topological polar surface area (TPSA) is 48.0 Å². The molecule has 1 aromatic rings. The van der Waals surface area contributed by atoms with Crippen molar-refractivity contribution in [3.63, 3.8) is 0 Å². The average Bonchev–Trinajstić information content (AvgIpc) is 2.58. The number of carbonyl (C=O) groups is 1. The van der Waals surface area contributed by atoms with Gasteiger partial charge >= 0.3 is 0 Å². The van der Waals surface area contributed by atoms with Crippen molar-refractivity contribution in [2.45, 2.75) is 12.8 Å². The van der Waals surface area contributed by atoms with Gasteiger partial charge in [0.1, 0.15) is 5.75 Å². The van der Waals surface area contributed by atoms with Crippen LogP contribution in [-0.4, -0.2) is 57.9 Å². The fourth-order valence-electron chi connectivity index (χ4n) is 2.69. The Hall–Kier alpha value is -1.59. The summed E-state index contributed by atoms with van der Waals surface area (Å²) in [6.07, 6.45) is 1.96. The highest BCUT2D eigenvalue weighted by molar-refractivity contribution is 5.97. The van der Waals surface area contributed by atoms with E-state index in [1.165, 1.54) is 0 Å². The predicted molar refractivity (Wildman–Crippen MR) is 84.3 cm³/mol. The van der Waals surface area contributed by atoms with E-state index < -0.39 is 0 Å². The SMILES string of the molecule is COCCOCC1CCN(C(=O)c2ccccc2OC)CC1. The Morgan fingerprint density at radius 2 is 1.91 bits per heavy atom. The predicted octanol–water partition coefficient (Wildman–Crippen LogP) is 2.21. The van der Waals surface area contributed by atoms with Crippen LogP contribution in [0.4, 0.5) is 0 Å². The van der Waals surface area contributed by atoms with E-state index in [9.17, 15) is 4.79 Å². The molecule has 1 aliphatic rings. The maximum absolute atomic E-state index is 12.6. The second-order valence-electron chi connectivity index (χ2n) is 5.50. The zero-order valence-electron chi connectivity index (χ0n) is 13.4. The first-order valence-electron chi connectivity index (χ1n) is 7.75. The minimum atomic E-state index is 0.0520. The molecular formula is C17H25NO4. The molecule has 1 fully saturated rings. The summed E-state index contributed by atoms with van der Waals surface area (Å²) < 4.78 is 15.8. The van der Waals surface area contributed by atoms with Crippen molar-refractivity contribution in [2.75, 3.05) is 47.1 Å². The molecule has 2 rings (SSSR count). The summed E-state index contributed by atoms with van der Waals surface area (Å²) in [5, 5.41) is 0.